The smallest absolute Gasteiger partial charge is 0.0168 e. The molecule has 0 aliphatic rings. The van der Waals surface area contributed by atoms with Crippen molar-refractivity contribution >= 4 is 11.6 Å². The lowest BCUT2D eigenvalue weighted by Crippen LogP contribution is -2.14. The number of allylic oxidation sites excluding steroid dienone is 6. The second kappa shape index (κ2) is 10.0. The first kappa shape index (κ1) is 19.2. The second-order valence-electron chi connectivity index (χ2n) is 6.14. The van der Waals surface area contributed by atoms with Crippen molar-refractivity contribution < 1.29 is 0 Å². The minimum atomic E-state index is 0.0991. The van der Waals surface area contributed by atoms with Crippen molar-refractivity contribution in [3.05, 3.63) is 47.6 Å². The van der Waals surface area contributed by atoms with Gasteiger partial charge in [-0.2, -0.15) is 0 Å². The average Bonchev–Trinajstić information content (AvgIpc) is 2.37. The fourth-order valence-electron chi connectivity index (χ4n) is 2.01. The van der Waals surface area contributed by atoms with Crippen LogP contribution in [0.3, 0.4) is 0 Å². The monoisotopic (exact) mass is 294 g/mol. The molecule has 0 aromatic carbocycles. The summed E-state index contributed by atoms with van der Waals surface area (Å²) < 4.78 is 0. The number of unbranched alkanes of at least 4 members (excludes halogenated alkanes) is 2. The molecule has 0 fully saturated rings. The van der Waals surface area contributed by atoms with Crippen LogP contribution in [0.15, 0.2) is 47.6 Å². The summed E-state index contributed by atoms with van der Waals surface area (Å²) in [6.45, 7) is 16.6. The highest BCUT2D eigenvalue weighted by molar-refractivity contribution is 6.29. The molecule has 0 nitrogen and oxygen atoms in total. The molecule has 0 spiro atoms. The normalized spacial score (nSPS) is 14.1. The lowest BCUT2D eigenvalue weighted by atomic mass is 9.82. The van der Waals surface area contributed by atoms with Gasteiger partial charge >= 0.3 is 0 Å². The van der Waals surface area contributed by atoms with Gasteiger partial charge in [0.25, 0.3) is 0 Å². The Morgan fingerprint density at radius 1 is 1.15 bits per heavy atom. The van der Waals surface area contributed by atoms with Crippen LogP contribution in [-0.4, -0.2) is 0 Å². The van der Waals surface area contributed by atoms with Crippen molar-refractivity contribution in [2.24, 2.45) is 5.41 Å². The van der Waals surface area contributed by atoms with Gasteiger partial charge in [-0.15, -0.1) is 0 Å². The van der Waals surface area contributed by atoms with Crippen LogP contribution in [0.4, 0.5) is 0 Å². The van der Waals surface area contributed by atoms with E-state index in [1.807, 2.05) is 0 Å². The molecule has 20 heavy (non-hydrogen) atoms. The highest BCUT2D eigenvalue weighted by atomic mass is 35.5. The zero-order chi connectivity index (χ0) is 15.6. The molecule has 0 aliphatic heterocycles. The van der Waals surface area contributed by atoms with Crippen LogP contribution in [-0.2, 0) is 0 Å². The number of hydrogen-bond acceptors (Lipinski definition) is 0. The van der Waals surface area contributed by atoms with Crippen molar-refractivity contribution in [3.63, 3.8) is 0 Å². The van der Waals surface area contributed by atoms with Crippen molar-refractivity contribution in [2.45, 2.75) is 66.2 Å². The number of rotatable bonds is 10. The average molecular weight is 295 g/mol. The largest absolute Gasteiger partial charge is 0.0958 e. The highest BCUT2D eigenvalue weighted by Crippen LogP contribution is 2.37. The van der Waals surface area contributed by atoms with Gasteiger partial charge < -0.3 is 0 Å². The van der Waals surface area contributed by atoms with Gasteiger partial charge in [-0.25, -0.2) is 0 Å². The summed E-state index contributed by atoms with van der Waals surface area (Å²) in [6.07, 6.45) is 13.2. The molecule has 0 rings (SSSR count). The van der Waals surface area contributed by atoms with E-state index < -0.39 is 0 Å². The van der Waals surface area contributed by atoms with Gasteiger partial charge in [-0.05, 0) is 39.5 Å². The predicted octanol–water partition coefficient (Wildman–Crippen LogP) is 7.18. The molecule has 0 aliphatic carbocycles. The lowest BCUT2D eigenvalue weighted by Gasteiger charge is -2.27. The molecule has 0 aromatic heterocycles. The van der Waals surface area contributed by atoms with E-state index >= 15 is 0 Å². The molecule has 1 atom stereocenters. The molecule has 114 valence electrons. The van der Waals surface area contributed by atoms with Crippen LogP contribution in [0.1, 0.15) is 66.2 Å². The molecule has 0 saturated heterocycles. The fourth-order valence-corrected chi connectivity index (χ4v) is 2.24. The maximum absolute atomic E-state index is 6.11. The first-order valence-corrected chi connectivity index (χ1v) is 8.04. The lowest BCUT2D eigenvalue weighted by molar-refractivity contribution is 0.351. The number of halogens is 1. The van der Waals surface area contributed by atoms with Crippen molar-refractivity contribution in [3.8, 4) is 0 Å². The molecule has 1 unspecified atom stereocenters. The molecular weight excluding hydrogens is 264 g/mol. The van der Waals surface area contributed by atoms with Crippen LogP contribution in [0.2, 0.25) is 0 Å². The summed E-state index contributed by atoms with van der Waals surface area (Å²) in [5.74, 6) is 0. The van der Waals surface area contributed by atoms with Crippen LogP contribution in [0, 0.1) is 5.41 Å². The topological polar surface area (TPSA) is 0 Å². The van der Waals surface area contributed by atoms with Crippen molar-refractivity contribution in [1.29, 1.82) is 0 Å². The van der Waals surface area contributed by atoms with Gasteiger partial charge in [0.1, 0.15) is 0 Å². The summed E-state index contributed by atoms with van der Waals surface area (Å²) in [7, 11) is 0. The van der Waals surface area contributed by atoms with Gasteiger partial charge in [0.2, 0.25) is 0 Å². The van der Waals surface area contributed by atoms with E-state index in [1.54, 1.807) is 0 Å². The first-order chi connectivity index (χ1) is 9.31. The Labute approximate surface area is 131 Å². The zero-order valence-electron chi connectivity index (χ0n) is 13.8. The quantitative estimate of drug-likeness (QED) is 0.295. The summed E-state index contributed by atoms with van der Waals surface area (Å²) in [5.41, 5.74) is 2.62. The molecular formula is C19H31Cl. The van der Waals surface area contributed by atoms with Crippen LogP contribution in [0.25, 0.3) is 0 Å². The Balaban J connectivity index is 3.87. The maximum Gasteiger partial charge on any atom is 0.0168 e. The van der Waals surface area contributed by atoms with E-state index in [0.29, 0.717) is 0 Å². The van der Waals surface area contributed by atoms with Crippen molar-refractivity contribution in [2.75, 3.05) is 0 Å². The van der Waals surface area contributed by atoms with Crippen molar-refractivity contribution in [1.82, 2.24) is 0 Å². The maximum atomic E-state index is 6.11. The Kier molecular flexibility index (Phi) is 9.67. The summed E-state index contributed by atoms with van der Waals surface area (Å²) in [4.78, 5) is 0. The zero-order valence-corrected chi connectivity index (χ0v) is 14.5. The molecule has 0 aromatic rings. The molecule has 1 heteroatoms. The molecule has 0 heterocycles. The van der Waals surface area contributed by atoms with Gasteiger partial charge in [-0.3, -0.25) is 0 Å². The Bertz CT molecular complexity index is 369. The van der Waals surface area contributed by atoms with Crippen LogP contribution in [0.5, 0.6) is 0 Å². The third kappa shape index (κ3) is 8.43. The first-order valence-electron chi connectivity index (χ1n) is 7.66. The summed E-state index contributed by atoms with van der Waals surface area (Å²) >= 11 is 6.11. The minimum Gasteiger partial charge on any atom is -0.0958 e. The fraction of sp³-hybridized carbons (Fsp3) is 0.579. The molecule has 0 radical (unpaired) electrons. The Hall–Kier alpha value is -0.750. The van der Waals surface area contributed by atoms with Gasteiger partial charge in [0, 0.05) is 10.4 Å². The standard InChI is InChI=1S/C19H31Cl/c1-7-19(6,18(5)20)15-10-8-9-13-17(4)14-11-12-16(2)3/h11-12,14H,4-5,7-10,13,15H2,1-3,6H3/b14-11-. The van der Waals surface area contributed by atoms with Gasteiger partial charge in [-0.1, -0.05) is 80.8 Å². The molecule has 0 bridgehead atoms. The SMILES string of the molecule is C=C(/C=C\C=C(C)C)CCCCCC(C)(CC)C(=C)Cl. The van der Waals surface area contributed by atoms with E-state index in [0.717, 1.165) is 24.3 Å². The highest BCUT2D eigenvalue weighted by Gasteiger charge is 2.23. The van der Waals surface area contributed by atoms with Crippen LogP contribution < -0.4 is 0 Å². The van der Waals surface area contributed by atoms with E-state index in [4.69, 9.17) is 11.6 Å². The van der Waals surface area contributed by atoms with Crippen LogP contribution >= 0.6 is 11.6 Å². The van der Waals surface area contributed by atoms with Gasteiger partial charge in [0.15, 0.2) is 0 Å². The minimum absolute atomic E-state index is 0.0991. The van der Waals surface area contributed by atoms with Gasteiger partial charge in [0.05, 0.1) is 0 Å². The third-order valence-corrected chi connectivity index (χ3v) is 4.38. The molecule has 0 amide bonds. The Morgan fingerprint density at radius 3 is 2.30 bits per heavy atom. The molecule has 0 saturated carbocycles. The van der Waals surface area contributed by atoms with E-state index in [9.17, 15) is 0 Å². The number of hydrogen-bond donors (Lipinski definition) is 0. The summed E-state index contributed by atoms with van der Waals surface area (Å²) in [5, 5.41) is 0.800. The third-order valence-electron chi connectivity index (χ3n) is 3.92. The predicted molar refractivity (Wildman–Crippen MR) is 94.2 cm³/mol. The van der Waals surface area contributed by atoms with E-state index in [-0.39, 0.29) is 5.41 Å². The summed E-state index contributed by atoms with van der Waals surface area (Å²) in [6, 6.07) is 0. The second-order valence-corrected chi connectivity index (χ2v) is 6.60. The Morgan fingerprint density at radius 2 is 1.80 bits per heavy atom. The van der Waals surface area contributed by atoms with E-state index in [1.165, 1.54) is 30.4 Å². The molecule has 0 N–H and O–H groups in total. The van der Waals surface area contributed by atoms with E-state index in [2.05, 4.69) is 59.1 Å².